The summed E-state index contributed by atoms with van der Waals surface area (Å²) in [5.41, 5.74) is 1.69. The molecule has 1 atom stereocenters. The highest BCUT2D eigenvalue weighted by Crippen LogP contribution is 2.27. The fourth-order valence-electron chi connectivity index (χ4n) is 1.91. The van der Waals surface area contributed by atoms with Crippen molar-refractivity contribution in [3.63, 3.8) is 0 Å². The van der Waals surface area contributed by atoms with E-state index in [-0.39, 0.29) is 12.1 Å². The molecule has 112 valence electrons. The third kappa shape index (κ3) is 4.12. The van der Waals surface area contributed by atoms with Gasteiger partial charge in [-0.1, -0.05) is 17.7 Å². The van der Waals surface area contributed by atoms with Gasteiger partial charge in [-0.2, -0.15) is 0 Å². The van der Waals surface area contributed by atoms with Crippen LogP contribution in [0.1, 0.15) is 23.4 Å². The number of urea groups is 1. The number of ether oxygens (including phenoxy) is 1. The molecule has 2 N–H and O–H groups in total. The zero-order valence-corrected chi connectivity index (χ0v) is 13.6. The summed E-state index contributed by atoms with van der Waals surface area (Å²) < 4.78 is 5.94. The first kappa shape index (κ1) is 15.7. The molecule has 6 heteroatoms. The van der Waals surface area contributed by atoms with Crippen LogP contribution in [0.15, 0.2) is 30.3 Å². The minimum atomic E-state index is -0.282. The number of thiophene rings is 1. The van der Waals surface area contributed by atoms with Crippen LogP contribution in [0, 0.1) is 6.92 Å². The third-order valence-corrected chi connectivity index (χ3v) is 4.39. The van der Waals surface area contributed by atoms with Gasteiger partial charge in [0, 0.05) is 4.88 Å². The van der Waals surface area contributed by atoms with Crippen molar-refractivity contribution in [1.82, 2.24) is 5.32 Å². The quantitative estimate of drug-likeness (QED) is 0.863. The maximum absolute atomic E-state index is 12.1. The first-order valence-electron chi connectivity index (χ1n) is 6.47. The summed E-state index contributed by atoms with van der Waals surface area (Å²) in [6, 6.07) is 8.96. The second-order valence-electron chi connectivity index (χ2n) is 4.67. The highest BCUT2D eigenvalue weighted by atomic mass is 35.5. The van der Waals surface area contributed by atoms with E-state index in [1.165, 1.54) is 11.3 Å². The Hall–Kier alpha value is -1.72. The van der Waals surface area contributed by atoms with Crippen LogP contribution >= 0.6 is 22.9 Å². The minimum absolute atomic E-state index is 0.113. The number of hydrogen-bond donors (Lipinski definition) is 2. The first-order valence-corrected chi connectivity index (χ1v) is 7.66. The Bertz CT molecular complexity index is 642. The van der Waals surface area contributed by atoms with Crippen molar-refractivity contribution >= 4 is 34.7 Å². The Morgan fingerprint density at radius 1 is 1.33 bits per heavy atom. The summed E-state index contributed by atoms with van der Waals surface area (Å²) in [5, 5.41) is 5.68. The van der Waals surface area contributed by atoms with Crippen LogP contribution in [0.2, 0.25) is 4.34 Å². The average molecular weight is 325 g/mol. The largest absolute Gasteiger partial charge is 0.495 e. The average Bonchev–Trinajstić information content (AvgIpc) is 2.85. The number of hydrogen-bond acceptors (Lipinski definition) is 3. The van der Waals surface area contributed by atoms with Crippen LogP contribution in [0.3, 0.4) is 0 Å². The maximum atomic E-state index is 12.1. The highest BCUT2D eigenvalue weighted by Gasteiger charge is 2.13. The molecule has 0 radical (unpaired) electrons. The Morgan fingerprint density at radius 3 is 2.71 bits per heavy atom. The van der Waals surface area contributed by atoms with Crippen LogP contribution in [-0.4, -0.2) is 13.1 Å². The van der Waals surface area contributed by atoms with E-state index in [1.807, 2.05) is 44.2 Å². The van der Waals surface area contributed by atoms with E-state index in [0.29, 0.717) is 15.8 Å². The van der Waals surface area contributed by atoms with Gasteiger partial charge in [0.1, 0.15) is 5.75 Å². The molecule has 2 amide bonds. The van der Waals surface area contributed by atoms with Crippen molar-refractivity contribution in [2.45, 2.75) is 19.9 Å². The molecule has 0 fully saturated rings. The van der Waals surface area contributed by atoms with Gasteiger partial charge in [-0.3, -0.25) is 0 Å². The van der Waals surface area contributed by atoms with Crippen molar-refractivity contribution in [2.75, 3.05) is 12.4 Å². The van der Waals surface area contributed by atoms with E-state index < -0.39 is 0 Å². The zero-order chi connectivity index (χ0) is 15.4. The monoisotopic (exact) mass is 324 g/mol. The molecule has 4 nitrogen and oxygen atoms in total. The molecule has 1 heterocycles. The number of nitrogens with one attached hydrogen (secondary N) is 2. The van der Waals surface area contributed by atoms with Crippen LogP contribution in [0.5, 0.6) is 5.75 Å². The van der Waals surface area contributed by atoms with Crippen LogP contribution in [0.4, 0.5) is 10.5 Å². The number of anilines is 1. The van der Waals surface area contributed by atoms with Crippen LogP contribution < -0.4 is 15.4 Å². The smallest absolute Gasteiger partial charge is 0.319 e. The standard InChI is InChI=1S/C15H17ClN2O2S/c1-9-4-5-12(20-3)11(8-9)18-15(19)17-10(2)13-6-7-14(16)21-13/h4-8,10H,1-3H3,(H2,17,18,19)/t10-/m0/s1. The van der Waals surface area contributed by atoms with E-state index >= 15 is 0 Å². The molecular weight excluding hydrogens is 308 g/mol. The van der Waals surface area contributed by atoms with Crippen molar-refractivity contribution in [1.29, 1.82) is 0 Å². The van der Waals surface area contributed by atoms with E-state index in [9.17, 15) is 4.79 Å². The lowest BCUT2D eigenvalue weighted by molar-refractivity contribution is 0.249. The Labute approximate surface area is 133 Å². The Balaban J connectivity index is 2.03. The van der Waals surface area contributed by atoms with Crippen LogP contribution in [-0.2, 0) is 0 Å². The van der Waals surface area contributed by atoms with E-state index in [2.05, 4.69) is 10.6 Å². The molecule has 2 rings (SSSR count). The van der Waals surface area contributed by atoms with Gasteiger partial charge in [0.2, 0.25) is 0 Å². The van der Waals surface area contributed by atoms with Gasteiger partial charge in [0.15, 0.2) is 0 Å². The minimum Gasteiger partial charge on any atom is -0.495 e. The number of methoxy groups -OCH3 is 1. The van der Waals surface area contributed by atoms with Crippen LogP contribution in [0.25, 0.3) is 0 Å². The second kappa shape index (κ2) is 6.83. The predicted molar refractivity (Wildman–Crippen MR) is 87.6 cm³/mol. The fourth-order valence-corrected chi connectivity index (χ4v) is 2.97. The lowest BCUT2D eigenvalue weighted by Crippen LogP contribution is -2.30. The molecule has 2 aromatic rings. The maximum Gasteiger partial charge on any atom is 0.319 e. The van der Waals surface area contributed by atoms with Crippen molar-refractivity contribution in [3.8, 4) is 5.75 Å². The molecular formula is C15H17ClN2O2S. The van der Waals surface area contributed by atoms with Gasteiger partial charge < -0.3 is 15.4 Å². The number of carbonyl (C=O) groups excluding carboxylic acids is 1. The summed E-state index contributed by atoms with van der Waals surface area (Å²) in [7, 11) is 1.57. The summed E-state index contributed by atoms with van der Waals surface area (Å²) in [6.45, 7) is 3.87. The summed E-state index contributed by atoms with van der Waals surface area (Å²) in [5.74, 6) is 0.627. The van der Waals surface area contributed by atoms with Gasteiger partial charge in [-0.05, 0) is 43.7 Å². The molecule has 0 aliphatic carbocycles. The lowest BCUT2D eigenvalue weighted by Gasteiger charge is -2.15. The van der Waals surface area contributed by atoms with Gasteiger partial charge in [-0.15, -0.1) is 11.3 Å². The van der Waals surface area contributed by atoms with Gasteiger partial charge in [0.05, 0.1) is 23.2 Å². The predicted octanol–water partition coefficient (Wildman–Crippen LogP) is 4.60. The highest BCUT2D eigenvalue weighted by molar-refractivity contribution is 7.16. The number of benzene rings is 1. The topological polar surface area (TPSA) is 50.4 Å². The second-order valence-corrected chi connectivity index (χ2v) is 6.41. The number of aryl methyl sites for hydroxylation is 1. The lowest BCUT2D eigenvalue weighted by atomic mass is 10.2. The zero-order valence-electron chi connectivity index (χ0n) is 12.1. The molecule has 0 bridgehead atoms. The Kier molecular flexibility index (Phi) is 5.09. The SMILES string of the molecule is COc1ccc(C)cc1NC(=O)N[C@@H](C)c1ccc(Cl)s1. The normalized spacial score (nSPS) is 11.8. The van der Waals surface area contributed by atoms with E-state index in [1.54, 1.807) is 7.11 Å². The molecule has 0 aliphatic rings. The first-order chi connectivity index (χ1) is 9.99. The number of carbonyl (C=O) groups is 1. The summed E-state index contributed by atoms with van der Waals surface area (Å²) in [4.78, 5) is 13.1. The number of rotatable bonds is 4. The third-order valence-electron chi connectivity index (χ3n) is 2.97. The Morgan fingerprint density at radius 2 is 2.10 bits per heavy atom. The van der Waals surface area contributed by atoms with Crippen molar-refractivity contribution in [3.05, 3.63) is 45.1 Å². The molecule has 0 unspecified atom stereocenters. The van der Waals surface area contributed by atoms with Crippen molar-refractivity contribution < 1.29 is 9.53 Å². The molecule has 1 aromatic carbocycles. The molecule has 1 aromatic heterocycles. The number of amides is 2. The fraction of sp³-hybridized carbons (Fsp3) is 0.267. The molecule has 0 saturated carbocycles. The molecule has 0 aliphatic heterocycles. The molecule has 0 saturated heterocycles. The van der Waals surface area contributed by atoms with E-state index in [0.717, 1.165) is 10.4 Å². The molecule has 0 spiro atoms. The van der Waals surface area contributed by atoms with Crippen molar-refractivity contribution in [2.24, 2.45) is 0 Å². The van der Waals surface area contributed by atoms with E-state index in [4.69, 9.17) is 16.3 Å². The van der Waals surface area contributed by atoms with Gasteiger partial charge >= 0.3 is 6.03 Å². The van der Waals surface area contributed by atoms with Gasteiger partial charge in [0.25, 0.3) is 0 Å². The summed E-state index contributed by atoms with van der Waals surface area (Å²) >= 11 is 7.35. The van der Waals surface area contributed by atoms with Gasteiger partial charge in [-0.25, -0.2) is 4.79 Å². The molecule has 21 heavy (non-hydrogen) atoms. The number of halogens is 1. The summed E-state index contributed by atoms with van der Waals surface area (Å²) in [6.07, 6.45) is 0.